The maximum Gasteiger partial charge on any atom is 0.265 e. The molecule has 22 heavy (non-hydrogen) atoms. The van der Waals surface area contributed by atoms with Crippen LogP contribution in [0, 0.1) is 0 Å². The van der Waals surface area contributed by atoms with Gasteiger partial charge in [-0.1, -0.05) is 37.3 Å². The van der Waals surface area contributed by atoms with Crippen molar-refractivity contribution in [2.75, 3.05) is 5.32 Å². The van der Waals surface area contributed by atoms with Crippen LogP contribution in [0.15, 0.2) is 42.6 Å². The van der Waals surface area contributed by atoms with E-state index in [0.717, 1.165) is 12.0 Å². The first-order valence-corrected chi connectivity index (χ1v) is 7.32. The zero-order valence-corrected chi connectivity index (χ0v) is 12.9. The maximum absolute atomic E-state index is 12.2. The number of nitrogens with two attached hydrogens (primary N) is 1. The molecule has 2 amide bonds. The van der Waals surface area contributed by atoms with Gasteiger partial charge in [0.05, 0.1) is 5.69 Å². The SMILES string of the molecule is CC[C@H](CC(=O)Nc1cc(C(N)=O)n(C)c1)c1ccccc1. The average Bonchev–Trinajstić information content (AvgIpc) is 2.86. The van der Waals surface area contributed by atoms with E-state index < -0.39 is 5.91 Å². The highest BCUT2D eigenvalue weighted by Crippen LogP contribution is 2.23. The number of carbonyl (C=O) groups excluding carboxylic acids is 2. The van der Waals surface area contributed by atoms with Crippen LogP contribution in [0.1, 0.15) is 41.7 Å². The summed E-state index contributed by atoms with van der Waals surface area (Å²) >= 11 is 0. The van der Waals surface area contributed by atoms with Gasteiger partial charge in [0.15, 0.2) is 0 Å². The number of aromatic nitrogens is 1. The molecule has 0 radical (unpaired) electrons. The topological polar surface area (TPSA) is 77.1 Å². The summed E-state index contributed by atoms with van der Waals surface area (Å²) in [5.41, 5.74) is 7.38. The summed E-state index contributed by atoms with van der Waals surface area (Å²) in [7, 11) is 1.72. The molecule has 0 saturated heterocycles. The first-order valence-electron chi connectivity index (χ1n) is 7.32. The van der Waals surface area contributed by atoms with Crippen LogP contribution in [0.4, 0.5) is 5.69 Å². The number of nitrogens with zero attached hydrogens (tertiary/aromatic N) is 1. The van der Waals surface area contributed by atoms with Crippen LogP contribution in [-0.2, 0) is 11.8 Å². The normalized spacial score (nSPS) is 11.9. The molecule has 2 aromatic rings. The standard InChI is InChI=1S/C17H21N3O2/c1-3-12(13-7-5-4-6-8-13)9-16(21)19-14-10-15(17(18)22)20(2)11-14/h4-8,10-12H,3,9H2,1-2H3,(H2,18,22)(H,19,21)/t12-/m1/s1. The molecule has 1 heterocycles. The first kappa shape index (κ1) is 15.8. The van der Waals surface area contributed by atoms with Crippen molar-refractivity contribution in [3.05, 3.63) is 53.9 Å². The Labute approximate surface area is 130 Å². The Kier molecular flexibility index (Phi) is 4.99. The Bertz CT molecular complexity index is 662. The van der Waals surface area contributed by atoms with Crippen molar-refractivity contribution < 1.29 is 9.59 Å². The van der Waals surface area contributed by atoms with Crippen LogP contribution >= 0.6 is 0 Å². The van der Waals surface area contributed by atoms with Gasteiger partial charge in [-0.2, -0.15) is 0 Å². The zero-order valence-electron chi connectivity index (χ0n) is 12.9. The van der Waals surface area contributed by atoms with Crippen LogP contribution in [0.3, 0.4) is 0 Å². The summed E-state index contributed by atoms with van der Waals surface area (Å²) in [6.45, 7) is 2.07. The van der Waals surface area contributed by atoms with Crippen molar-refractivity contribution >= 4 is 17.5 Å². The highest BCUT2D eigenvalue weighted by atomic mass is 16.2. The van der Waals surface area contributed by atoms with Crippen LogP contribution in [0.2, 0.25) is 0 Å². The Hall–Kier alpha value is -2.56. The van der Waals surface area contributed by atoms with E-state index in [1.807, 2.05) is 30.3 Å². The van der Waals surface area contributed by atoms with Crippen molar-refractivity contribution in [2.24, 2.45) is 12.8 Å². The van der Waals surface area contributed by atoms with Crippen LogP contribution < -0.4 is 11.1 Å². The molecule has 5 nitrogen and oxygen atoms in total. The van der Waals surface area contributed by atoms with E-state index in [1.165, 1.54) is 0 Å². The smallest absolute Gasteiger partial charge is 0.265 e. The van der Waals surface area contributed by atoms with Crippen molar-refractivity contribution in [3.63, 3.8) is 0 Å². The number of benzene rings is 1. The largest absolute Gasteiger partial charge is 0.364 e. The highest BCUT2D eigenvalue weighted by molar-refractivity contribution is 5.95. The predicted molar refractivity (Wildman–Crippen MR) is 86.7 cm³/mol. The van der Waals surface area contributed by atoms with E-state index in [9.17, 15) is 9.59 Å². The second-order valence-corrected chi connectivity index (χ2v) is 5.36. The van der Waals surface area contributed by atoms with Gasteiger partial charge in [0, 0.05) is 19.7 Å². The lowest BCUT2D eigenvalue weighted by Crippen LogP contribution is -2.15. The molecule has 1 aromatic heterocycles. The summed E-state index contributed by atoms with van der Waals surface area (Å²) in [5.74, 6) is -0.406. The lowest BCUT2D eigenvalue weighted by molar-refractivity contribution is -0.116. The molecular weight excluding hydrogens is 278 g/mol. The highest BCUT2D eigenvalue weighted by Gasteiger charge is 2.15. The Balaban J connectivity index is 2.03. The van der Waals surface area contributed by atoms with Crippen molar-refractivity contribution in [3.8, 4) is 0 Å². The number of hydrogen-bond donors (Lipinski definition) is 2. The summed E-state index contributed by atoms with van der Waals surface area (Å²) in [6.07, 6.45) is 2.97. The Morgan fingerprint density at radius 2 is 1.95 bits per heavy atom. The average molecular weight is 299 g/mol. The van der Waals surface area contributed by atoms with E-state index in [-0.39, 0.29) is 11.8 Å². The Morgan fingerprint density at radius 3 is 2.50 bits per heavy atom. The zero-order chi connectivity index (χ0) is 16.1. The third-order valence-corrected chi connectivity index (χ3v) is 3.74. The summed E-state index contributed by atoms with van der Waals surface area (Å²) in [6, 6.07) is 11.6. The first-order chi connectivity index (χ1) is 10.5. The molecule has 0 aliphatic carbocycles. The summed E-state index contributed by atoms with van der Waals surface area (Å²) in [4.78, 5) is 23.4. The lowest BCUT2D eigenvalue weighted by atomic mass is 9.93. The van der Waals surface area contributed by atoms with Gasteiger partial charge in [-0.3, -0.25) is 9.59 Å². The van der Waals surface area contributed by atoms with Gasteiger partial charge in [-0.05, 0) is 24.0 Å². The Morgan fingerprint density at radius 1 is 1.27 bits per heavy atom. The molecule has 0 spiro atoms. The molecule has 116 valence electrons. The molecule has 1 aromatic carbocycles. The van der Waals surface area contributed by atoms with Gasteiger partial charge in [0.2, 0.25) is 5.91 Å². The van der Waals surface area contributed by atoms with Crippen LogP contribution in [0.25, 0.3) is 0 Å². The molecule has 0 fully saturated rings. The maximum atomic E-state index is 12.2. The van der Waals surface area contributed by atoms with E-state index in [4.69, 9.17) is 5.73 Å². The van der Waals surface area contributed by atoms with E-state index in [0.29, 0.717) is 17.8 Å². The van der Waals surface area contributed by atoms with E-state index in [1.54, 1.807) is 23.9 Å². The number of primary amides is 1. The van der Waals surface area contributed by atoms with E-state index >= 15 is 0 Å². The number of anilines is 1. The molecule has 0 saturated carbocycles. The van der Waals surface area contributed by atoms with Crippen LogP contribution in [0.5, 0.6) is 0 Å². The summed E-state index contributed by atoms with van der Waals surface area (Å²) < 4.78 is 1.60. The second-order valence-electron chi connectivity index (χ2n) is 5.36. The minimum absolute atomic E-state index is 0.0719. The fourth-order valence-corrected chi connectivity index (χ4v) is 2.54. The second kappa shape index (κ2) is 6.93. The fourth-order valence-electron chi connectivity index (χ4n) is 2.54. The van der Waals surface area contributed by atoms with Gasteiger partial charge in [0.25, 0.3) is 5.91 Å². The molecule has 0 unspecified atom stereocenters. The molecule has 0 aliphatic rings. The van der Waals surface area contributed by atoms with Crippen LogP contribution in [-0.4, -0.2) is 16.4 Å². The molecular formula is C17H21N3O2. The molecule has 5 heteroatoms. The van der Waals surface area contributed by atoms with Gasteiger partial charge in [-0.25, -0.2) is 0 Å². The van der Waals surface area contributed by atoms with Crippen molar-refractivity contribution in [1.82, 2.24) is 4.57 Å². The number of amides is 2. The fraction of sp³-hybridized carbons (Fsp3) is 0.294. The number of rotatable bonds is 6. The molecule has 1 atom stereocenters. The van der Waals surface area contributed by atoms with E-state index in [2.05, 4.69) is 12.2 Å². The predicted octanol–water partition coefficient (Wildman–Crippen LogP) is 2.65. The molecule has 0 bridgehead atoms. The van der Waals surface area contributed by atoms with Crippen molar-refractivity contribution in [1.29, 1.82) is 0 Å². The quantitative estimate of drug-likeness (QED) is 0.860. The monoisotopic (exact) mass is 299 g/mol. The van der Waals surface area contributed by atoms with Gasteiger partial charge in [0.1, 0.15) is 5.69 Å². The summed E-state index contributed by atoms with van der Waals surface area (Å²) in [5, 5.41) is 2.83. The van der Waals surface area contributed by atoms with Gasteiger partial charge >= 0.3 is 0 Å². The van der Waals surface area contributed by atoms with Crippen molar-refractivity contribution in [2.45, 2.75) is 25.7 Å². The third kappa shape index (κ3) is 3.75. The molecule has 3 N–H and O–H groups in total. The number of nitrogens with one attached hydrogen (secondary N) is 1. The minimum Gasteiger partial charge on any atom is -0.364 e. The van der Waals surface area contributed by atoms with Gasteiger partial charge in [-0.15, -0.1) is 0 Å². The lowest BCUT2D eigenvalue weighted by Gasteiger charge is -2.14. The number of aryl methyl sites for hydroxylation is 1. The third-order valence-electron chi connectivity index (χ3n) is 3.74. The number of hydrogen-bond acceptors (Lipinski definition) is 2. The molecule has 0 aliphatic heterocycles. The minimum atomic E-state index is -0.515. The van der Waals surface area contributed by atoms with Gasteiger partial charge < -0.3 is 15.6 Å². The number of carbonyl (C=O) groups is 2. The molecule has 2 rings (SSSR count).